The molecule has 0 N–H and O–H groups in total. The number of carbonyl (C=O) groups excluding carboxylic acids is 2. The van der Waals surface area contributed by atoms with Crippen LogP contribution in [-0.4, -0.2) is 91.8 Å². The van der Waals surface area contributed by atoms with Crippen LogP contribution in [0.1, 0.15) is 103 Å². The van der Waals surface area contributed by atoms with Crippen LogP contribution in [-0.2, 0) is 72.0 Å². The van der Waals surface area contributed by atoms with Crippen LogP contribution in [0.4, 0.5) is 0 Å². The van der Waals surface area contributed by atoms with Gasteiger partial charge in [0.05, 0.1) is 74.3 Å². The summed E-state index contributed by atoms with van der Waals surface area (Å²) in [6, 6.07) is 44.9. The van der Waals surface area contributed by atoms with Crippen molar-refractivity contribution in [1.82, 2.24) is 0 Å². The summed E-state index contributed by atoms with van der Waals surface area (Å²) in [7, 11) is 0. The molecule has 10 rings (SSSR count). The summed E-state index contributed by atoms with van der Waals surface area (Å²) in [5.74, 6) is -0.159. The van der Waals surface area contributed by atoms with Crippen LogP contribution >= 0.6 is 0 Å². The zero-order valence-electron chi connectivity index (χ0n) is 43.7. The van der Waals surface area contributed by atoms with Gasteiger partial charge in [-0.3, -0.25) is 9.59 Å². The lowest BCUT2D eigenvalue weighted by atomic mass is 9.80. The van der Waals surface area contributed by atoms with E-state index in [0.29, 0.717) is 76.8 Å². The normalized spacial score (nSPS) is 28.8. The lowest BCUT2D eigenvalue weighted by Gasteiger charge is -2.53. The molecule has 4 heterocycles. The summed E-state index contributed by atoms with van der Waals surface area (Å²) in [4.78, 5) is 24.3. The summed E-state index contributed by atoms with van der Waals surface area (Å²) in [5.41, 5.74) is 2.62. The molecule has 4 aliphatic rings. The average molecular weight is 1010 g/mol. The smallest absolute Gasteiger partial charge is 0.302 e. The summed E-state index contributed by atoms with van der Waals surface area (Å²) in [5, 5.41) is 7.20. The van der Waals surface area contributed by atoms with E-state index in [9.17, 15) is 9.59 Å². The zero-order chi connectivity index (χ0) is 51.2. The molecule has 0 radical (unpaired) electrons. The predicted octanol–water partition coefficient (Wildman–Crippen LogP) is 12.2. The van der Waals surface area contributed by atoms with E-state index >= 15 is 0 Å². The van der Waals surface area contributed by atoms with Gasteiger partial charge in [-0.15, -0.1) is 0 Å². The summed E-state index contributed by atoms with van der Waals surface area (Å²) >= 11 is 0. The second-order valence-electron chi connectivity index (χ2n) is 21.9. The van der Waals surface area contributed by atoms with Crippen molar-refractivity contribution >= 4 is 44.3 Å². The fourth-order valence-corrected chi connectivity index (χ4v) is 12.2. The topological polar surface area (TPSA) is 117 Å². The SMILES string of the molecule is CC(=O)OC[C@@H]1O[C@@H]2C[C@@H]3O[C@H](C[C@@H](C[C@@H]4C[C@@H](C)[C@@H]([C@@H](C)CCOCc5ccc6ccccc6c5)O4)OCc4ccc5ccccc5c4)[C@@H](OCc4ccc5ccccc5c4)CC[C@H]3O[C@@]2(C)C[C@H]1OC(C)=O. The summed E-state index contributed by atoms with van der Waals surface area (Å²) in [6.45, 7) is 11.5. The molecule has 0 bridgehead atoms. The van der Waals surface area contributed by atoms with Crippen molar-refractivity contribution in [3.05, 3.63) is 144 Å². The maximum Gasteiger partial charge on any atom is 0.302 e. The highest BCUT2D eigenvalue weighted by Crippen LogP contribution is 2.45. The van der Waals surface area contributed by atoms with Crippen molar-refractivity contribution < 1.29 is 52.2 Å². The van der Waals surface area contributed by atoms with Gasteiger partial charge in [0.25, 0.3) is 0 Å². The van der Waals surface area contributed by atoms with Crippen molar-refractivity contribution in [1.29, 1.82) is 0 Å². The van der Waals surface area contributed by atoms with Crippen LogP contribution < -0.4 is 0 Å². The van der Waals surface area contributed by atoms with E-state index < -0.39 is 35.9 Å². The number of carbonyl (C=O) groups is 2. The molecule has 4 saturated heterocycles. The van der Waals surface area contributed by atoms with Gasteiger partial charge in [-0.05, 0) is 118 Å². The molecule has 0 spiro atoms. The molecular weight excluding hydrogens is 933 g/mol. The molecule has 11 heteroatoms. The van der Waals surface area contributed by atoms with Crippen LogP contribution in [0.5, 0.6) is 0 Å². The molecule has 74 heavy (non-hydrogen) atoms. The first-order valence-corrected chi connectivity index (χ1v) is 27.1. The first kappa shape index (κ1) is 52.2. The van der Waals surface area contributed by atoms with Crippen molar-refractivity contribution in [2.45, 2.75) is 172 Å². The lowest BCUT2D eigenvalue weighted by Crippen LogP contribution is -2.63. The van der Waals surface area contributed by atoms with Gasteiger partial charge in [-0.2, -0.15) is 0 Å². The monoisotopic (exact) mass is 1010 g/mol. The third-order valence-electron chi connectivity index (χ3n) is 16.1. The van der Waals surface area contributed by atoms with Crippen LogP contribution in [0.3, 0.4) is 0 Å². The van der Waals surface area contributed by atoms with Crippen molar-refractivity contribution in [2.24, 2.45) is 11.8 Å². The molecule has 6 aromatic carbocycles. The summed E-state index contributed by atoms with van der Waals surface area (Å²) < 4.78 is 59.7. The van der Waals surface area contributed by atoms with E-state index in [0.717, 1.165) is 24.0 Å². The molecule has 6 aromatic rings. The summed E-state index contributed by atoms with van der Waals surface area (Å²) in [6.07, 6.45) is 2.54. The predicted molar refractivity (Wildman–Crippen MR) is 285 cm³/mol. The standard InChI is InChI=1S/C63H74O11/c1-40(26-27-66-36-44-18-21-47-12-6-9-15-50(47)29-44)62-41(2)28-54(71-62)32-53(68-37-45-19-22-48-13-7-10-16-51(48)30-45)33-57-55(69-38-46-20-23-49-14-8-11-17-52(49)31-46)24-25-56-58(72-57)34-61-63(5,74-56)35-59(70-43(4)65)60(73-61)39-67-42(3)64/h6-23,29-31,40-41,53-62H,24-28,32-39H2,1-5H3/t40-,41+,53+,54-,55-,56+,57+,58-,59+,60-,61+,62+,63-/m0/s1. The Morgan fingerprint density at radius 1 is 0.649 bits per heavy atom. The van der Waals surface area contributed by atoms with Gasteiger partial charge in [-0.1, -0.05) is 123 Å². The van der Waals surface area contributed by atoms with E-state index in [-0.39, 0.29) is 49.3 Å². The number of ether oxygens (including phenoxy) is 9. The Labute approximate surface area is 436 Å². The number of benzene rings is 6. The lowest BCUT2D eigenvalue weighted by molar-refractivity contribution is -0.298. The second kappa shape index (κ2) is 23.8. The van der Waals surface area contributed by atoms with E-state index in [1.165, 1.54) is 51.7 Å². The molecular formula is C63H74O11. The largest absolute Gasteiger partial charge is 0.463 e. The molecule has 0 aromatic heterocycles. The van der Waals surface area contributed by atoms with Crippen LogP contribution in [0.2, 0.25) is 0 Å². The quantitative estimate of drug-likeness (QED) is 0.0570. The Morgan fingerprint density at radius 2 is 1.26 bits per heavy atom. The minimum absolute atomic E-state index is 0.00162. The van der Waals surface area contributed by atoms with Crippen LogP contribution in [0, 0.1) is 11.8 Å². The number of esters is 2. The first-order valence-electron chi connectivity index (χ1n) is 27.1. The molecule has 392 valence electrons. The third-order valence-corrected chi connectivity index (χ3v) is 16.1. The van der Waals surface area contributed by atoms with Crippen molar-refractivity contribution in [2.75, 3.05) is 13.2 Å². The Kier molecular flexibility index (Phi) is 16.8. The number of rotatable bonds is 19. The van der Waals surface area contributed by atoms with Gasteiger partial charge < -0.3 is 42.6 Å². The molecule has 4 fully saturated rings. The van der Waals surface area contributed by atoms with Gasteiger partial charge in [0.1, 0.15) is 18.8 Å². The zero-order valence-corrected chi connectivity index (χ0v) is 43.7. The van der Waals surface area contributed by atoms with E-state index in [1.54, 1.807) is 0 Å². The van der Waals surface area contributed by atoms with Gasteiger partial charge in [-0.25, -0.2) is 0 Å². The Balaban J connectivity index is 0.867. The molecule has 0 unspecified atom stereocenters. The Hall–Kier alpha value is -5.24. The molecule has 4 aliphatic heterocycles. The number of hydrogen-bond acceptors (Lipinski definition) is 11. The van der Waals surface area contributed by atoms with Crippen LogP contribution in [0.15, 0.2) is 127 Å². The average Bonchev–Trinajstić information content (AvgIpc) is 3.69. The van der Waals surface area contributed by atoms with Crippen molar-refractivity contribution in [3.8, 4) is 0 Å². The maximum atomic E-state index is 12.3. The molecule has 0 saturated carbocycles. The number of hydrogen-bond donors (Lipinski definition) is 0. The van der Waals surface area contributed by atoms with Gasteiger partial charge >= 0.3 is 11.9 Å². The molecule has 11 nitrogen and oxygen atoms in total. The molecule has 13 atom stereocenters. The molecule has 0 amide bonds. The fourth-order valence-electron chi connectivity index (χ4n) is 12.2. The van der Waals surface area contributed by atoms with E-state index in [1.807, 2.05) is 6.92 Å². The fraction of sp³-hybridized carbons (Fsp3) is 0.492. The highest BCUT2D eigenvalue weighted by Gasteiger charge is 2.55. The Morgan fingerprint density at radius 3 is 1.88 bits per heavy atom. The third kappa shape index (κ3) is 12.9. The first-order chi connectivity index (χ1) is 35.9. The van der Waals surface area contributed by atoms with Gasteiger partial charge in [0.2, 0.25) is 0 Å². The minimum atomic E-state index is -0.766. The molecule has 0 aliphatic carbocycles. The van der Waals surface area contributed by atoms with Crippen molar-refractivity contribution in [3.63, 3.8) is 0 Å². The Bertz CT molecular complexity index is 2850. The number of fused-ring (bicyclic) bond motifs is 5. The van der Waals surface area contributed by atoms with Gasteiger partial charge in [0, 0.05) is 39.7 Å². The highest BCUT2D eigenvalue weighted by molar-refractivity contribution is 5.84. The van der Waals surface area contributed by atoms with E-state index in [2.05, 4.69) is 141 Å². The second-order valence-corrected chi connectivity index (χ2v) is 21.9. The van der Waals surface area contributed by atoms with E-state index in [4.69, 9.17) is 42.6 Å². The van der Waals surface area contributed by atoms with Crippen LogP contribution in [0.25, 0.3) is 32.3 Å². The van der Waals surface area contributed by atoms with Gasteiger partial charge in [0.15, 0.2) is 0 Å². The maximum absolute atomic E-state index is 12.3. The minimum Gasteiger partial charge on any atom is -0.463 e. The highest BCUT2D eigenvalue weighted by atomic mass is 16.6.